The Kier molecular flexibility index (Phi) is 7.22. The van der Waals surface area contributed by atoms with Crippen molar-refractivity contribution in [3.63, 3.8) is 0 Å². The molecule has 1 fully saturated rings. The monoisotopic (exact) mass is 420 g/mol. The van der Waals surface area contributed by atoms with E-state index in [1.807, 2.05) is 56.3 Å². The fourth-order valence-electron chi connectivity index (χ4n) is 3.44. The van der Waals surface area contributed by atoms with Crippen LogP contribution in [0, 0.1) is 5.92 Å². The Morgan fingerprint density at radius 2 is 1.93 bits per heavy atom. The van der Waals surface area contributed by atoms with Gasteiger partial charge in [0.15, 0.2) is 0 Å². The van der Waals surface area contributed by atoms with E-state index in [0.29, 0.717) is 10.0 Å². The minimum atomic E-state index is -0.0249. The van der Waals surface area contributed by atoms with E-state index >= 15 is 0 Å². The largest absolute Gasteiger partial charge is 0.491 e. The number of nitrogens with zero attached hydrogens (tertiary/aromatic N) is 1. The van der Waals surface area contributed by atoms with E-state index in [1.54, 1.807) is 0 Å². The third-order valence-electron chi connectivity index (χ3n) is 4.76. The molecule has 0 spiro atoms. The molecule has 4 nitrogen and oxygen atoms in total. The van der Waals surface area contributed by atoms with Gasteiger partial charge < -0.3 is 10.1 Å². The maximum Gasteiger partial charge on any atom is 0.228 e. The van der Waals surface area contributed by atoms with Gasteiger partial charge in [-0.05, 0) is 75.2 Å². The molecule has 1 atom stereocenters. The zero-order chi connectivity index (χ0) is 20.1. The van der Waals surface area contributed by atoms with Gasteiger partial charge in [-0.2, -0.15) is 0 Å². The highest BCUT2D eigenvalue weighted by molar-refractivity contribution is 6.42. The zero-order valence-electron chi connectivity index (χ0n) is 16.3. The Bertz CT molecular complexity index is 809. The van der Waals surface area contributed by atoms with Crippen LogP contribution in [0.5, 0.6) is 5.75 Å². The summed E-state index contributed by atoms with van der Waals surface area (Å²) in [4.78, 5) is 15.0. The minimum absolute atomic E-state index is 0.0249. The highest BCUT2D eigenvalue weighted by Crippen LogP contribution is 2.25. The van der Waals surface area contributed by atoms with Crippen molar-refractivity contribution in [1.29, 1.82) is 0 Å². The average Bonchev–Trinajstić information content (AvgIpc) is 2.66. The number of nitrogens with one attached hydrogen (secondary N) is 1. The number of hydrogen-bond donors (Lipinski definition) is 1. The van der Waals surface area contributed by atoms with Crippen LogP contribution in [-0.4, -0.2) is 30.0 Å². The van der Waals surface area contributed by atoms with E-state index < -0.39 is 0 Å². The fourth-order valence-corrected chi connectivity index (χ4v) is 3.76. The molecule has 150 valence electrons. The first-order chi connectivity index (χ1) is 13.4. The lowest BCUT2D eigenvalue weighted by Gasteiger charge is -2.32. The van der Waals surface area contributed by atoms with Crippen molar-refractivity contribution in [2.24, 2.45) is 5.92 Å². The van der Waals surface area contributed by atoms with Gasteiger partial charge >= 0.3 is 0 Å². The van der Waals surface area contributed by atoms with Crippen LogP contribution in [-0.2, 0) is 11.3 Å². The first kappa shape index (κ1) is 21.0. The van der Waals surface area contributed by atoms with E-state index in [1.165, 1.54) is 0 Å². The van der Waals surface area contributed by atoms with Gasteiger partial charge in [0.2, 0.25) is 5.91 Å². The molecule has 1 heterocycles. The molecule has 2 aromatic carbocycles. The van der Waals surface area contributed by atoms with Crippen molar-refractivity contribution in [1.82, 2.24) is 4.90 Å². The summed E-state index contributed by atoms with van der Waals surface area (Å²) in [5.41, 5.74) is 1.90. The van der Waals surface area contributed by atoms with Crippen LogP contribution in [0.1, 0.15) is 32.3 Å². The number of halogens is 2. The van der Waals surface area contributed by atoms with Gasteiger partial charge in [-0.15, -0.1) is 0 Å². The number of rotatable bonds is 6. The zero-order valence-corrected chi connectivity index (χ0v) is 17.8. The second kappa shape index (κ2) is 9.64. The van der Waals surface area contributed by atoms with Crippen LogP contribution in [0.15, 0.2) is 42.5 Å². The number of carbonyl (C=O) groups is 1. The number of piperidine rings is 1. The number of likely N-dealkylation sites (tertiary alicyclic amines) is 1. The molecular formula is C22H26Cl2N2O2. The SMILES string of the molecule is CC(C)Oc1ccc(NC(=O)C2CCCN(Cc3ccc(Cl)c(Cl)c3)C2)cc1. The predicted octanol–water partition coefficient (Wildman–Crippen LogP) is 5.63. The Morgan fingerprint density at radius 3 is 2.61 bits per heavy atom. The second-order valence-corrected chi connectivity index (χ2v) is 8.32. The molecule has 1 unspecified atom stereocenters. The maximum absolute atomic E-state index is 12.7. The number of ether oxygens (including phenoxy) is 1. The molecule has 3 rings (SSSR count). The lowest BCUT2D eigenvalue weighted by Crippen LogP contribution is -2.40. The lowest BCUT2D eigenvalue weighted by atomic mass is 9.96. The first-order valence-electron chi connectivity index (χ1n) is 9.64. The van der Waals surface area contributed by atoms with Gasteiger partial charge in [0, 0.05) is 18.8 Å². The van der Waals surface area contributed by atoms with Gasteiger partial charge in [-0.1, -0.05) is 29.3 Å². The third kappa shape index (κ3) is 5.87. The molecule has 1 saturated heterocycles. The van der Waals surface area contributed by atoms with Crippen molar-refractivity contribution < 1.29 is 9.53 Å². The predicted molar refractivity (Wildman–Crippen MR) is 115 cm³/mol. The van der Waals surface area contributed by atoms with E-state index in [9.17, 15) is 4.79 Å². The number of benzene rings is 2. The lowest BCUT2D eigenvalue weighted by molar-refractivity contribution is -0.121. The first-order valence-corrected chi connectivity index (χ1v) is 10.4. The molecule has 1 aliphatic rings. The standard InChI is InChI=1S/C22H26Cl2N2O2/c1-15(2)28-19-8-6-18(7-9-19)25-22(27)17-4-3-11-26(14-17)13-16-5-10-20(23)21(24)12-16/h5-10,12,15,17H,3-4,11,13-14H2,1-2H3,(H,25,27). The molecule has 1 aliphatic heterocycles. The van der Waals surface area contributed by atoms with Crippen LogP contribution >= 0.6 is 23.2 Å². The molecule has 6 heteroatoms. The highest BCUT2D eigenvalue weighted by atomic mass is 35.5. The molecule has 0 aromatic heterocycles. The molecule has 1 amide bonds. The van der Waals surface area contributed by atoms with Crippen molar-refractivity contribution in [3.8, 4) is 5.75 Å². The number of anilines is 1. The van der Waals surface area contributed by atoms with Gasteiger partial charge in [0.05, 0.1) is 22.1 Å². The van der Waals surface area contributed by atoms with Gasteiger partial charge in [-0.25, -0.2) is 0 Å². The Morgan fingerprint density at radius 1 is 1.18 bits per heavy atom. The Labute approximate surface area is 176 Å². The summed E-state index contributed by atoms with van der Waals surface area (Å²) in [5.74, 6) is 0.845. The van der Waals surface area contributed by atoms with Gasteiger partial charge in [0.25, 0.3) is 0 Å². The van der Waals surface area contributed by atoms with E-state index in [-0.39, 0.29) is 17.9 Å². The van der Waals surface area contributed by atoms with Gasteiger partial charge in [-0.3, -0.25) is 9.69 Å². The summed E-state index contributed by atoms with van der Waals surface area (Å²) in [6.45, 7) is 6.46. The summed E-state index contributed by atoms with van der Waals surface area (Å²) in [6.07, 6.45) is 2.03. The molecule has 1 N–H and O–H groups in total. The average molecular weight is 421 g/mol. The molecule has 2 aromatic rings. The minimum Gasteiger partial charge on any atom is -0.491 e. The quantitative estimate of drug-likeness (QED) is 0.657. The Balaban J connectivity index is 1.55. The van der Waals surface area contributed by atoms with Crippen molar-refractivity contribution >= 4 is 34.8 Å². The molecule has 0 radical (unpaired) electrons. The van der Waals surface area contributed by atoms with Crippen molar-refractivity contribution in [2.45, 2.75) is 39.3 Å². The number of hydrogen-bond acceptors (Lipinski definition) is 3. The Hall–Kier alpha value is -1.75. The fraction of sp³-hybridized carbons (Fsp3) is 0.409. The van der Waals surface area contributed by atoms with Crippen LogP contribution in [0.25, 0.3) is 0 Å². The van der Waals surface area contributed by atoms with Gasteiger partial charge in [0.1, 0.15) is 5.75 Å². The second-order valence-electron chi connectivity index (χ2n) is 7.50. The molecule has 28 heavy (non-hydrogen) atoms. The summed E-state index contributed by atoms with van der Waals surface area (Å²) in [7, 11) is 0. The van der Waals surface area contributed by atoms with Crippen LogP contribution in [0.3, 0.4) is 0 Å². The van der Waals surface area contributed by atoms with Crippen LogP contribution < -0.4 is 10.1 Å². The smallest absolute Gasteiger partial charge is 0.228 e. The van der Waals surface area contributed by atoms with E-state index in [4.69, 9.17) is 27.9 Å². The highest BCUT2D eigenvalue weighted by Gasteiger charge is 2.26. The van der Waals surface area contributed by atoms with Crippen molar-refractivity contribution in [3.05, 3.63) is 58.1 Å². The molecule has 0 aliphatic carbocycles. The molecule has 0 saturated carbocycles. The summed E-state index contributed by atoms with van der Waals surface area (Å²) < 4.78 is 5.64. The van der Waals surface area contributed by atoms with Crippen LogP contribution in [0.2, 0.25) is 10.0 Å². The van der Waals surface area contributed by atoms with Crippen molar-refractivity contribution in [2.75, 3.05) is 18.4 Å². The molecular weight excluding hydrogens is 395 g/mol. The molecule has 0 bridgehead atoms. The van der Waals surface area contributed by atoms with E-state index in [0.717, 1.165) is 49.5 Å². The normalized spacial score (nSPS) is 17.5. The summed E-state index contributed by atoms with van der Waals surface area (Å²) >= 11 is 12.1. The maximum atomic E-state index is 12.7. The topological polar surface area (TPSA) is 41.6 Å². The number of amides is 1. The van der Waals surface area contributed by atoms with E-state index in [2.05, 4.69) is 10.2 Å². The van der Waals surface area contributed by atoms with Crippen LogP contribution in [0.4, 0.5) is 5.69 Å². The third-order valence-corrected chi connectivity index (χ3v) is 5.50. The summed E-state index contributed by atoms with van der Waals surface area (Å²) in [6, 6.07) is 13.2. The summed E-state index contributed by atoms with van der Waals surface area (Å²) in [5, 5.41) is 4.16. The number of carbonyl (C=O) groups excluding carboxylic acids is 1.